The molecule has 0 aliphatic carbocycles. The van der Waals surface area contributed by atoms with Crippen LogP contribution in [0.2, 0.25) is 0 Å². The van der Waals surface area contributed by atoms with Crippen LogP contribution in [0.1, 0.15) is 10.4 Å². The van der Waals surface area contributed by atoms with Crippen LogP contribution < -0.4 is 25.2 Å². The maximum Gasteiger partial charge on any atom is 0.280 e. The summed E-state index contributed by atoms with van der Waals surface area (Å²) in [4.78, 5) is 30.8. The third kappa shape index (κ3) is 3.96. The molecule has 0 bridgehead atoms. The molecule has 0 radical (unpaired) electrons. The number of benzene rings is 3. The van der Waals surface area contributed by atoms with Crippen LogP contribution in [0.15, 0.2) is 65.5 Å². The van der Waals surface area contributed by atoms with E-state index in [0.717, 1.165) is 10.7 Å². The summed E-state index contributed by atoms with van der Waals surface area (Å²) in [6, 6.07) is 15.4. The first-order valence-corrected chi connectivity index (χ1v) is 9.86. The minimum absolute atomic E-state index is 0.0997. The summed E-state index contributed by atoms with van der Waals surface area (Å²) >= 11 is 0. The van der Waals surface area contributed by atoms with Crippen molar-refractivity contribution < 1.29 is 23.4 Å². The first kappa shape index (κ1) is 21.8. The monoisotopic (exact) mass is 449 g/mol. The van der Waals surface area contributed by atoms with Gasteiger partial charge in [-0.05, 0) is 36.4 Å². The summed E-state index contributed by atoms with van der Waals surface area (Å²) in [5.74, 6) is -0.397. The molecule has 0 aliphatic heterocycles. The van der Waals surface area contributed by atoms with Crippen molar-refractivity contribution in [3.05, 3.63) is 82.4 Å². The minimum atomic E-state index is -0.805. The summed E-state index contributed by atoms with van der Waals surface area (Å²) in [5, 5.41) is 0.280. The number of para-hydroxylation sites is 1. The smallest absolute Gasteiger partial charge is 0.280 e. The van der Waals surface area contributed by atoms with Gasteiger partial charge < -0.3 is 14.2 Å². The number of hydrogen-bond donors (Lipinski definition) is 1. The van der Waals surface area contributed by atoms with Gasteiger partial charge in [-0.2, -0.15) is 4.68 Å². The predicted molar refractivity (Wildman–Crippen MR) is 121 cm³/mol. The largest absolute Gasteiger partial charge is 0.493 e. The molecule has 0 atom stereocenters. The Balaban J connectivity index is 1.96. The van der Waals surface area contributed by atoms with Gasteiger partial charge in [-0.1, -0.05) is 24.3 Å². The highest BCUT2D eigenvalue weighted by molar-refractivity contribution is 6.00. The van der Waals surface area contributed by atoms with Crippen LogP contribution in [0.5, 0.6) is 17.2 Å². The lowest BCUT2D eigenvalue weighted by Gasteiger charge is -2.17. The highest BCUT2D eigenvalue weighted by atomic mass is 19.1. The van der Waals surface area contributed by atoms with Crippen LogP contribution in [0.3, 0.4) is 0 Å². The van der Waals surface area contributed by atoms with Crippen molar-refractivity contribution >= 4 is 16.8 Å². The van der Waals surface area contributed by atoms with E-state index in [1.165, 1.54) is 39.5 Å². The normalized spacial score (nSPS) is 10.7. The molecule has 0 aliphatic rings. The lowest BCUT2D eigenvalue weighted by atomic mass is 10.1. The van der Waals surface area contributed by atoms with Gasteiger partial charge in [-0.3, -0.25) is 15.0 Å². The molecule has 1 heterocycles. The quantitative estimate of drug-likeness (QED) is 0.484. The number of rotatable bonds is 6. The molecule has 0 saturated carbocycles. The van der Waals surface area contributed by atoms with E-state index < -0.39 is 17.3 Å². The Bertz CT molecular complexity index is 1390. The fourth-order valence-corrected chi connectivity index (χ4v) is 3.45. The van der Waals surface area contributed by atoms with Gasteiger partial charge in [0, 0.05) is 5.56 Å². The second-order valence-electron chi connectivity index (χ2n) is 6.93. The Morgan fingerprint density at radius 2 is 1.58 bits per heavy atom. The molecule has 1 aromatic heterocycles. The van der Waals surface area contributed by atoms with E-state index in [1.54, 1.807) is 36.4 Å². The Morgan fingerprint density at radius 3 is 2.21 bits per heavy atom. The predicted octanol–water partition coefficient (Wildman–Crippen LogP) is 3.61. The standard InChI is InChI=1S/C24H20FN3O5/c1-31-19-12-14(13-20(32-2)21(19)33-3)22-26-18-11-7-5-9-16(18)24(30)28(22)27-23(29)15-8-4-6-10-17(15)25/h4-13H,1-3H3,(H,27,29). The van der Waals surface area contributed by atoms with Crippen molar-refractivity contribution in [2.24, 2.45) is 0 Å². The highest BCUT2D eigenvalue weighted by Gasteiger charge is 2.21. The minimum Gasteiger partial charge on any atom is -0.493 e. The van der Waals surface area contributed by atoms with Crippen LogP contribution >= 0.6 is 0 Å². The summed E-state index contributed by atoms with van der Waals surface area (Å²) in [7, 11) is 4.39. The fraction of sp³-hybridized carbons (Fsp3) is 0.125. The summed E-state index contributed by atoms with van der Waals surface area (Å²) in [5.41, 5.74) is 2.56. The molecule has 0 spiro atoms. The van der Waals surface area contributed by atoms with E-state index in [4.69, 9.17) is 14.2 Å². The summed E-state index contributed by atoms with van der Waals surface area (Å²) < 4.78 is 31.3. The van der Waals surface area contributed by atoms with Gasteiger partial charge in [0.25, 0.3) is 11.5 Å². The number of ether oxygens (including phenoxy) is 3. The van der Waals surface area contributed by atoms with Crippen molar-refractivity contribution in [3.63, 3.8) is 0 Å². The molecule has 8 nitrogen and oxygen atoms in total. The zero-order chi connectivity index (χ0) is 23.5. The molecular formula is C24H20FN3O5. The summed E-state index contributed by atoms with van der Waals surface area (Å²) in [6.07, 6.45) is 0. The molecule has 4 aromatic rings. The Kier molecular flexibility index (Phi) is 5.95. The first-order chi connectivity index (χ1) is 16.0. The number of nitrogens with one attached hydrogen (secondary N) is 1. The Hall–Kier alpha value is -4.40. The second-order valence-corrected chi connectivity index (χ2v) is 6.93. The molecule has 9 heteroatoms. The maximum absolute atomic E-state index is 14.2. The Morgan fingerprint density at radius 1 is 0.939 bits per heavy atom. The third-order valence-electron chi connectivity index (χ3n) is 5.03. The van der Waals surface area contributed by atoms with Gasteiger partial charge in [0.15, 0.2) is 17.3 Å². The van der Waals surface area contributed by atoms with Crippen LogP contribution in [0.4, 0.5) is 4.39 Å². The third-order valence-corrected chi connectivity index (χ3v) is 5.03. The molecule has 0 fully saturated rings. The highest BCUT2D eigenvalue weighted by Crippen LogP contribution is 2.40. The molecule has 33 heavy (non-hydrogen) atoms. The molecule has 0 unspecified atom stereocenters. The zero-order valence-corrected chi connectivity index (χ0v) is 18.1. The van der Waals surface area contributed by atoms with E-state index in [9.17, 15) is 14.0 Å². The molecule has 1 N–H and O–H groups in total. The maximum atomic E-state index is 14.2. The number of carbonyl (C=O) groups excluding carboxylic acids is 1. The number of fused-ring (bicyclic) bond motifs is 1. The van der Waals surface area contributed by atoms with Gasteiger partial charge in [0.1, 0.15) is 5.82 Å². The van der Waals surface area contributed by atoms with E-state index >= 15 is 0 Å². The molecular weight excluding hydrogens is 429 g/mol. The lowest BCUT2D eigenvalue weighted by molar-refractivity contribution is 0.100. The van der Waals surface area contributed by atoms with Crippen molar-refractivity contribution in [3.8, 4) is 28.6 Å². The number of hydrogen-bond acceptors (Lipinski definition) is 6. The molecule has 4 rings (SSSR count). The van der Waals surface area contributed by atoms with Gasteiger partial charge in [-0.15, -0.1) is 0 Å². The van der Waals surface area contributed by atoms with Gasteiger partial charge >= 0.3 is 0 Å². The average Bonchev–Trinajstić information content (AvgIpc) is 2.84. The average molecular weight is 449 g/mol. The Labute approximate surface area is 188 Å². The SMILES string of the molecule is COc1cc(-c2nc3ccccc3c(=O)n2NC(=O)c2ccccc2F)cc(OC)c1OC. The van der Waals surface area contributed by atoms with Crippen LogP contribution in [0, 0.1) is 5.82 Å². The molecule has 3 aromatic carbocycles. The van der Waals surface area contributed by atoms with Crippen molar-refractivity contribution in [1.29, 1.82) is 0 Å². The number of amides is 1. The van der Waals surface area contributed by atoms with Crippen LogP contribution in [-0.2, 0) is 0 Å². The van der Waals surface area contributed by atoms with Crippen LogP contribution in [-0.4, -0.2) is 36.9 Å². The first-order valence-electron chi connectivity index (χ1n) is 9.86. The van der Waals surface area contributed by atoms with Gasteiger partial charge in [0.05, 0.1) is 37.8 Å². The molecule has 0 saturated heterocycles. The topological polar surface area (TPSA) is 91.7 Å². The van der Waals surface area contributed by atoms with Crippen molar-refractivity contribution in [1.82, 2.24) is 9.66 Å². The fourth-order valence-electron chi connectivity index (χ4n) is 3.45. The van der Waals surface area contributed by atoms with E-state index in [-0.39, 0.29) is 16.8 Å². The van der Waals surface area contributed by atoms with E-state index in [2.05, 4.69) is 10.4 Å². The number of methoxy groups -OCH3 is 3. The number of nitrogens with zero attached hydrogens (tertiary/aromatic N) is 2. The van der Waals surface area contributed by atoms with Gasteiger partial charge in [-0.25, -0.2) is 9.37 Å². The second kappa shape index (κ2) is 8.99. The molecule has 1 amide bonds. The lowest BCUT2D eigenvalue weighted by Crippen LogP contribution is -2.35. The van der Waals surface area contributed by atoms with E-state index in [0.29, 0.717) is 28.3 Å². The number of aromatic nitrogens is 2. The number of halogens is 1. The number of carbonyl (C=O) groups is 1. The van der Waals surface area contributed by atoms with Crippen molar-refractivity contribution in [2.45, 2.75) is 0 Å². The zero-order valence-electron chi connectivity index (χ0n) is 18.1. The summed E-state index contributed by atoms with van der Waals surface area (Å²) in [6.45, 7) is 0. The van der Waals surface area contributed by atoms with E-state index in [1.807, 2.05) is 0 Å². The van der Waals surface area contributed by atoms with Gasteiger partial charge in [0.2, 0.25) is 5.75 Å². The van der Waals surface area contributed by atoms with Crippen LogP contribution in [0.25, 0.3) is 22.3 Å². The molecule has 168 valence electrons. The van der Waals surface area contributed by atoms with Crippen molar-refractivity contribution in [2.75, 3.05) is 26.8 Å².